The molecule has 0 saturated carbocycles. The smallest absolute Gasteiger partial charge is 0.242 e. The van der Waals surface area contributed by atoms with Crippen molar-refractivity contribution in [3.63, 3.8) is 0 Å². The summed E-state index contributed by atoms with van der Waals surface area (Å²) in [5.41, 5.74) is 0.811. The number of amides is 2. The number of carbonyl (C=O) groups is 2. The van der Waals surface area contributed by atoms with Crippen LogP contribution in [0.15, 0.2) is 42.5 Å². The molecule has 0 aliphatic carbocycles. The standard InChI is InChI=1S/C27H37N3O7S/c1-19(26(32)28-27(2,3)4)29(17-20-9-12-22(35-5)13-10-20)25(31)8-7-15-30(38(6,33)34)21-11-14-23-24(16-21)37-18-36-23/h9-14,16,19H,7-8,15,17-18H2,1-6H3,(H,28,32)/t19-/m0/s1. The summed E-state index contributed by atoms with van der Waals surface area (Å²) in [6.07, 6.45) is 1.43. The molecule has 2 aromatic carbocycles. The predicted molar refractivity (Wildman–Crippen MR) is 145 cm³/mol. The molecule has 10 nitrogen and oxygen atoms in total. The van der Waals surface area contributed by atoms with Crippen molar-refractivity contribution < 1.29 is 32.2 Å². The lowest BCUT2D eigenvalue weighted by atomic mass is 10.1. The summed E-state index contributed by atoms with van der Waals surface area (Å²) >= 11 is 0. The third-order valence-electron chi connectivity index (χ3n) is 5.97. The highest BCUT2D eigenvalue weighted by atomic mass is 32.2. The van der Waals surface area contributed by atoms with E-state index in [1.807, 2.05) is 32.9 Å². The molecule has 0 spiro atoms. The van der Waals surface area contributed by atoms with Crippen molar-refractivity contribution in [2.75, 3.05) is 31.0 Å². The molecule has 1 atom stereocenters. The number of carbonyl (C=O) groups excluding carboxylic acids is 2. The summed E-state index contributed by atoms with van der Waals surface area (Å²) in [5, 5.41) is 2.93. The van der Waals surface area contributed by atoms with Crippen molar-refractivity contribution in [3.8, 4) is 17.2 Å². The highest BCUT2D eigenvalue weighted by Crippen LogP contribution is 2.36. The van der Waals surface area contributed by atoms with Gasteiger partial charge >= 0.3 is 0 Å². The molecular formula is C27H37N3O7S. The number of hydrogen-bond acceptors (Lipinski definition) is 7. The molecule has 38 heavy (non-hydrogen) atoms. The first kappa shape index (κ1) is 29.1. The Labute approximate surface area is 224 Å². The topological polar surface area (TPSA) is 114 Å². The van der Waals surface area contributed by atoms with E-state index in [0.717, 1.165) is 11.8 Å². The van der Waals surface area contributed by atoms with Crippen molar-refractivity contribution >= 4 is 27.5 Å². The average Bonchev–Trinajstić information content (AvgIpc) is 3.31. The van der Waals surface area contributed by atoms with Crippen LogP contribution in [0.2, 0.25) is 0 Å². The molecule has 0 bridgehead atoms. The number of anilines is 1. The number of benzene rings is 2. The number of nitrogens with zero attached hydrogens (tertiary/aromatic N) is 2. The zero-order valence-electron chi connectivity index (χ0n) is 22.8. The Morgan fingerprint density at radius 3 is 2.34 bits per heavy atom. The zero-order valence-corrected chi connectivity index (χ0v) is 23.6. The Balaban J connectivity index is 1.74. The van der Waals surface area contributed by atoms with Gasteiger partial charge in [0, 0.05) is 31.1 Å². The normalized spacial score (nSPS) is 13.5. The number of fused-ring (bicyclic) bond motifs is 1. The zero-order chi connectivity index (χ0) is 28.1. The minimum Gasteiger partial charge on any atom is -0.497 e. The SMILES string of the molecule is COc1ccc(CN(C(=O)CCCN(c2ccc3c(c2)OCO3)S(C)(=O)=O)[C@@H](C)C(=O)NC(C)(C)C)cc1. The molecule has 0 unspecified atom stereocenters. The fraction of sp³-hybridized carbons (Fsp3) is 0.481. The molecule has 1 aliphatic rings. The van der Waals surface area contributed by atoms with E-state index in [0.29, 0.717) is 22.9 Å². The molecule has 1 N–H and O–H groups in total. The Morgan fingerprint density at radius 2 is 1.74 bits per heavy atom. The largest absolute Gasteiger partial charge is 0.497 e. The van der Waals surface area contributed by atoms with Crippen molar-refractivity contribution in [1.29, 1.82) is 0 Å². The third-order valence-corrected chi connectivity index (χ3v) is 7.17. The highest BCUT2D eigenvalue weighted by molar-refractivity contribution is 7.92. The Kier molecular flexibility index (Phi) is 9.14. The first-order chi connectivity index (χ1) is 17.8. The van der Waals surface area contributed by atoms with Crippen LogP contribution in [0.4, 0.5) is 5.69 Å². The molecule has 3 rings (SSSR count). The molecule has 2 aromatic rings. The molecule has 0 saturated heterocycles. The summed E-state index contributed by atoms with van der Waals surface area (Å²) < 4.78 is 42.3. The van der Waals surface area contributed by atoms with Gasteiger partial charge in [-0.1, -0.05) is 12.1 Å². The highest BCUT2D eigenvalue weighted by Gasteiger charge is 2.29. The Morgan fingerprint density at radius 1 is 1.08 bits per heavy atom. The fourth-order valence-electron chi connectivity index (χ4n) is 4.03. The minimum atomic E-state index is -3.62. The lowest BCUT2D eigenvalue weighted by Crippen LogP contribution is -2.52. The van der Waals surface area contributed by atoms with E-state index in [1.54, 1.807) is 44.4 Å². The van der Waals surface area contributed by atoms with Gasteiger partial charge in [-0.05, 0) is 63.9 Å². The van der Waals surface area contributed by atoms with Crippen molar-refractivity contribution in [2.45, 2.75) is 58.7 Å². The number of methoxy groups -OCH3 is 1. The molecular weight excluding hydrogens is 510 g/mol. The van der Waals surface area contributed by atoms with Gasteiger partial charge < -0.3 is 24.4 Å². The van der Waals surface area contributed by atoms with E-state index >= 15 is 0 Å². The Bertz CT molecular complexity index is 1240. The number of nitrogens with one attached hydrogen (secondary N) is 1. The van der Waals surface area contributed by atoms with Crippen LogP contribution in [0.5, 0.6) is 17.2 Å². The second kappa shape index (κ2) is 11.9. The van der Waals surface area contributed by atoms with Crippen LogP contribution in [0.1, 0.15) is 46.1 Å². The van der Waals surface area contributed by atoms with E-state index < -0.39 is 21.6 Å². The lowest BCUT2D eigenvalue weighted by molar-refractivity contribution is -0.141. The van der Waals surface area contributed by atoms with Crippen molar-refractivity contribution in [2.24, 2.45) is 0 Å². The van der Waals surface area contributed by atoms with E-state index in [1.165, 1.54) is 9.21 Å². The van der Waals surface area contributed by atoms with Crippen LogP contribution in [0, 0.1) is 0 Å². The summed E-state index contributed by atoms with van der Waals surface area (Å²) in [7, 11) is -2.05. The molecule has 0 aromatic heterocycles. The first-order valence-corrected chi connectivity index (χ1v) is 14.2. The summed E-state index contributed by atoms with van der Waals surface area (Å²) in [4.78, 5) is 27.9. The van der Waals surface area contributed by atoms with Crippen LogP contribution >= 0.6 is 0 Å². The van der Waals surface area contributed by atoms with Gasteiger partial charge in [0.1, 0.15) is 11.8 Å². The minimum absolute atomic E-state index is 0.0554. The maximum atomic E-state index is 13.4. The molecule has 1 aliphatic heterocycles. The second-order valence-electron chi connectivity index (χ2n) is 10.3. The summed E-state index contributed by atoms with van der Waals surface area (Å²) in [6.45, 7) is 7.72. The molecule has 0 fully saturated rings. The van der Waals surface area contributed by atoms with Gasteiger partial charge in [-0.3, -0.25) is 13.9 Å². The maximum Gasteiger partial charge on any atom is 0.242 e. The van der Waals surface area contributed by atoms with Crippen LogP contribution in [-0.4, -0.2) is 63.4 Å². The van der Waals surface area contributed by atoms with Crippen molar-refractivity contribution in [3.05, 3.63) is 48.0 Å². The summed E-state index contributed by atoms with van der Waals surface area (Å²) in [6, 6.07) is 11.5. The van der Waals surface area contributed by atoms with Gasteiger partial charge in [-0.25, -0.2) is 8.42 Å². The number of rotatable bonds is 11. The van der Waals surface area contributed by atoms with E-state index in [-0.39, 0.29) is 44.5 Å². The van der Waals surface area contributed by atoms with Crippen LogP contribution < -0.4 is 23.8 Å². The monoisotopic (exact) mass is 547 g/mol. The van der Waals surface area contributed by atoms with E-state index in [9.17, 15) is 18.0 Å². The van der Waals surface area contributed by atoms with E-state index in [2.05, 4.69) is 5.32 Å². The average molecular weight is 548 g/mol. The van der Waals surface area contributed by atoms with Gasteiger partial charge in [0.15, 0.2) is 11.5 Å². The number of ether oxygens (including phenoxy) is 3. The van der Waals surface area contributed by atoms with Gasteiger partial charge in [0.2, 0.25) is 28.6 Å². The van der Waals surface area contributed by atoms with Crippen molar-refractivity contribution in [1.82, 2.24) is 10.2 Å². The number of sulfonamides is 1. The number of hydrogen-bond donors (Lipinski definition) is 1. The summed E-state index contributed by atoms with van der Waals surface area (Å²) in [5.74, 6) is 1.19. The van der Waals surface area contributed by atoms with Crippen LogP contribution in [0.3, 0.4) is 0 Å². The van der Waals surface area contributed by atoms with Crippen LogP contribution in [0.25, 0.3) is 0 Å². The predicted octanol–water partition coefficient (Wildman–Crippen LogP) is 3.30. The molecule has 0 radical (unpaired) electrons. The maximum absolute atomic E-state index is 13.4. The van der Waals surface area contributed by atoms with Gasteiger partial charge in [0.25, 0.3) is 0 Å². The van der Waals surface area contributed by atoms with Gasteiger partial charge in [-0.15, -0.1) is 0 Å². The molecule has 11 heteroatoms. The van der Waals surface area contributed by atoms with Crippen LogP contribution in [-0.2, 0) is 26.2 Å². The second-order valence-corrected chi connectivity index (χ2v) is 12.2. The van der Waals surface area contributed by atoms with Gasteiger partial charge in [-0.2, -0.15) is 0 Å². The molecule has 208 valence electrons. The Hall–Kier alpha value is -3.47. The molecule has 1 heterocycles. The molecule has 2 amide bonds. The lowest BCUT2D eigenvalue weighted by Gasteiger charge is -2.32. The quantitative estimate of drug-likeness (QED) is 0.459. The fourth-order valence-corrected chi connectivity index (χ4v) is 4.99. The third kappa shape index (κ3) is 7.77. The first-order valence-electron chi connectivity index (χ1n) is 12.4. The van der Waals surface area contributed by atoms with E-state index in [4.69, 9.17) is 14.2 Å². The van der Waals surface area contributed by atoms with Gasteiger partial charge in [0.05, 0.1) is 19.1 Å².